The molecule has 1 aromatic heterocycles. The van der Waals surface area contributed by atoms with Gasteiger partial charge in [-0.1, -0.05) is 18.2 Å². The summed E-state index contributed by atoms with van der Waals surface area (Å²) in [5.74, 6) is 0. The summed E-state index contributed by atoms with van der Waals surface area (Å²) >= 11 is 5.33. The zero-order valence-electron chi connectivity index (χ0n) is 12.3. The smallest absolute Gasteiger partial charge is 0.0578 e. The summed E-state index contributed by atoms with van der Waals surface area (Å²) in [5.41, 5.74) is 2.67. The predicted molar refractivity (Wildman–Crippen MR) is 95.0 cm³/mol. The lowest BCUT2D eigenvalue weighted by Crippen LogP contribution is -2.19. The van der Waals surface area contributed by atoms with Gasteiger partial charge in [0.1, 0.15) is 0 Å². The molecule has 112 valence electrons. The van der Waals surface area contributed by atoms with E-state index in [1.807, 2.05) is 0 Å². The molecular weight excluding hydrogens is 344 g/mol. The van der Waals surface area contributed by atoms with Gasteiger partial charge in [0.25, 0.3) is 0 Å². The molecule has 1 saturated heterocycles. The van der Waals surface area contributed by atoms with E-state index in [-0.39, 0.29) is 0 Å². The molecule has 4 heteroatoms. The van der Waals surface area contributed by atoms with Crippen molar-refractivity contribution in [1.29, 1.82) is 0 Å². The first-order chi connectivity index (χ1) is 10.2. The largest absolute Gasteiger partial charge is 0.377 e. The fourth-order valence-corrected chi connectivity index (χ4v) is 4.29. The number of halogens is 1. The number of anilines is 1. The maximum Gasteiger partial charge on any atom is 0.0578 e. The van der Waals surface area contributed by atoms with Crippen LogP contribution in [0.2, 0.25) is 0 Å². The third-order valence-electron chi connectivity index (χ3n) is 4.00. The quantitative estimate of drug-likeness (QED) is 0.776. The Balaban J connectivity index is 1.72. The minimum Gasteiger partial charge on any atom is -0.377 e. The van der Waals surface area contributed by atoms with Crippen LogP contribution < -0.4 is 5.32 Å². The lowest BCUT2D eigenvalue weighted by atomic mass is 10.1. The standard InChI is InChI=1S/C17H21BrN2S/c1-13(17-10-15(18)12-21-17)19-16-7-3-2-6-14(16)11-20-8-4-5-9-20/h2-3,6-7,10,12-13,19H,4-5,8-9,11H2,1H3. The number of hydrogen-bond acceptors (Lipinski definition) is 3. The molecule has 1 N–H and O–H groups in total. The summed E-state index contributed by atoms with van der Waals surface area (Å²) in [6.07, 6.45) is 2.68. The molecule has 21 heavy (non-hydrogen) atoms. The molecule has 2 nitrogen and oxygen atoms in total. The summed E-state index contributed by atoms with van der Waals surface area (Å²) in [7, 11) is 0. The van der Waals surface area contributed by atoms with Crippen LogP contribution in [0.4, 0.5) is 5.69 Å². The number of para-hydroxylation sites is 1. The van der Waals surface area contributed by atoms with E-state index >= 15 is 0 Å². The molecule has 3 rings (SSSR count). The maximum absolute atomic E-state index is 3.68. The van der Waals surface area contributed by atoms with E-state index in [0.29, 0.717) is 6.04 Å². The van der Waals surface area contributed by atoms with E-state index in [1.54, 1.807) is 11.3 Å². The van der Waals surface area contributed by atoms with Crippen molar-refractivity contribution in [2.45, 2.75) is 32.4 Å². The lowest BCUT2D eigenvalue weighted by molar-refractivity contribution is 0.332. The van der Waals surface area contributed by atoms with Gasteiger partial charge < -0.3 is 5.32 Å². The Bertz CT molecular complexity index is 590. The van der Waals surface area contributed by atoms with Gasteiger partial charge in [-0.25, -0.2) is 0 Å². The van der Waals surface area contributed by atoms with Gasteiger partial charge in [0, 0.05) is 27.0 Å². The highest BCUT2D eigenvalue weighted by molar-refractivity contribution is 9.10. The van der Waals surface area contributed by atoms with Gasteiger partial charge in [-0.05, 0) is 66.5 Å². The van der Waals surface area contributed by atoms with Crippen LogP contribution in [-0.2, 0) is 6.54 Å². The number of nitrogens with zero attached hydrogens (tertiary/aromatic N) is 1. The number of rotatable bonds is 5. The monoisotopic (exact) mass is 364 g/mol. The van der Waals surface area contributed by atoms with Crippen LogP contribution in [0, 0.1) is 0 Å². The van der Waals surface area contributed by atoms with Crippen molar-refractivity contribution in [3.63, 3.8) is 0 Å². The first-order valence-electron chi connectivity index (χ1n) is 7.53. The third kappa shape index (κ3) is 3.87. The summed E-state index contributed by atoms with van der Waals surface area (Å²) in [4.78, 5) is 3.91. The second-order valence-corrected chi connectivity index (χ2v) is 7.53. The van der Waals surface area contributed by atoms with Crippen molar-refractivity contribution >= 4 is 33.0 Å². The Labute approximate surface area is 139 Å². The van der Waals surface area contributed by atoms with Crippen LogP contribution in [0.15, 0.2) is 40.2 Å². The zero-order chi connectivity index (χ0) is 14.7. The number of benzene rings is 1. The average molecular weight is 365 g/mol. The molecule has 0 bridgehead atoms. The topological polar surface area (TPSA) is 15.3 Å². The second-order valence-electron chi connectivity index (χ2n) is 5.67. The van der Waals surface area contributed by atoms with E-state index in [2.05, 4.69) is 68.8 Å². The van der Waals surface area contributed by atoms with E-state index in [0.717, 1.165) is 6.54 Å². The normalized spacial score (nSPS) is 17.0. The van der Waals surface area contributed by atoms with Crippen LogP contribution >= 0.6 is 27.3 Å². The van der Waals surface area contributed by atoms with Gasteiger partial charge in [0.15, 0.2) is 0 Å². The summed E-state index contributed by atoms with van der Waals surface area (Å²) in [6, 6.07) is 11.2. The first kappa shape index (κ1) is 15.1. The predicted octanol–water partition coefficient (Wildman–Crippen LogP) is 5.28. The zero-order valence-corrected chi connectivity index (χ0v) is 14.7. The molecular formula is C17H21BrN2S. The van der Waals surface area contributed by atoms with Crippen LogP contribution in [0.3, 0.4) is 0 Å². The molecule has 1 unspecified atom stereocenters. The van der Waals surface area contributed by atoms with E-state index in [4.69, 9.17) is 0 Å². The van der Waals surface area contributed by atoms with Crippen LogP contribution in [0.25, 0.3) is 0 Å². The van der Waals surface area contributed by atoms with Crippen molar-refractivity contribution in [2.24, 2.45) is 0 Å². The molecule has 1 fully saturated rings. The minimum atomic E-state index is 0.334. The van der Waals surface area contributed by atoms with Crippen LogP contribution in [-0.4, -0.2) is 18.0 Å². The highest BCUT2D eigenvalue weighted by atomic mass is 79.9. The Morgan fingerprint density at radius 1 is 1.29 bits per heavy atom. The van der Waals surface area contributed by atoms with Crippen molar-refractivity contribution in [1.82, 2.24) is 4.90 Å². The van der Waals surface area contributed by atoms with Gasteiger partial charge in [0.2, 0.25) is 0 Å². The fraction of sp³-hybridized carbons (Fsp3) is 0.412. The van der Waals surface area contributed by atoms with E-state index in [9.17, 15) is 0 Å². The van der Waals surface area contributed by atoms with Crippen LogP contribution in [0.1, 0.15) is 36.2 Å². The summed E-state index contributed by atoms with van der Waals surface area (Å²) in [6.45, 7) is 5.76. The van der Waals surface area contributed by atoms with Gasteiger partial charge in [0.05, 0.1) is 6.04 Å². The van der Waals surface area contributed by atoms with Crippen molar-refractivity contribution in [3.8, 4) is 0 Å². The molecule has 0 aliphatic carbocycles. The van der Waals surface area contributed by atoms with E-state index < -0.39 is 0 Å². The average Bonchev–Trinajstić information content (AvgIpc) is 3.12. The van der Waals surface area contributed by atoms with Gasteiger partial charge in [-0.15, -0.1) is 11.3 Å². The van der Waals surface area contributed by atoms with Crippen molar-refractivity contribution in [3.05, 3.63) is 50.6 Å². The molecule has 0 spiro atoms. The second kappa shape index (κ2) is 6.95. The number of likely N-dealkylation sites (tertiary alicyclic amines) is 1. The number of hydrogen-bond donors (Lipinski definition) is 1. The Kier molecular flexibility index (Phi) is 4.99. The lowest BCUT2D eigenvalue weighted by Gasteiger charge is -2.20. The molecule has 2 heterocycles. The van der Waals surface area contributed by atoms with Gasteiger partial charge >= 0.3 is 0 Å². The van der Waals surface area contributed by atoms with Crippen molar-refractivity contribution in [2.75, 3.05) is 18.4 Å². The van der Waals surface area contributed by atoms with Gasteiger partial charge in [-0.2, -0.15) is 0 Å². The number of nitrogens with one attached hydrogen (secondary N) is 1. The Hall–Kier alpha value is -0.840. The maximum atomic E-state index is 3.68. The van der Waals surface area contributed by atoms with Crippen LogP contribution in [0.5, 0.6) is 0 Å². The summed E-state index contributed by atoms with van der Waals surface area (Å²) in [5, 5.41) is 5.82. The Morgan fingerprint density at radius 2 is 2.05 bits per heavy atom. The molecule has 1 aliphatic rings. The number of thiophene rings is 1. The Morgan fingerprint density at radius 3 is 2.76 bits per heavy atom. The van der Waals surface area contributed by atoms with Crippen molar-refractivity contribution < 1.29 is 0 Å². The summed E-state index contributed by atoms with van der Waals surface area (Å²) < 4.78 is 1.17. The van der Waals surface area contributed by atoms with Gasteiger partial charge in [-0.3, -0.25) is 4.90 Å². The molecule has 0 radical (unpaired) electrons. The molecule has 2 aromatic rings. The molecule has 1 atom stereocenters. The SMILES string of the molecule is CC(Nc1ccccc1CN1CCCC1)c1cc(Br)cs1. The third-order valence-corrected chi connectivity index (χ3v) is 5.87. The molecule has 0 amide bonds. The molecule has 1 aliphatic heterocycles. The highest BCUT2D eigenvalue weighted by Crippen LogP contribution is 2.29. The first-order valence-corrected chi connectivity index (χ1v) is 9.20. The fourth-order valence-electron chi connectivity index (χ4n) is 2.84. The highest BCUT2D eigenvalue weighted by Gasteiger charge is 2.15. The minimum absolute atomic E-state index is 0.334. The van der Waals surface area contributed by atoms with E-state index in [1.165, 1.54) is 46.5 Å². The molecule has 0 saturated carbocycles. The molecule has 1 aromatic carbocycles.